The van der Waals surface area contributed by atoms with Gasteiger partial charge in [0.25, 0.3) is 11.4 Å². The third kappa shape index (κ3) is 5.74. The monoisotopic (exact) mass is 502 g/mol. The van der Waals surface area contributed by atoms with E-state index >= 15 is 0 Å². The molecule has 1 heterocycles. The van der Waals surface area contributed by atoms with Gasteiger partial charge in [0.05, 0.1) is 44.8 Å². The number of likely N-dealkylation sites (N-methyl/N-ethyl adjacent to an activating group) is 1. The smallest absolute Gasteiger partial charge is 0.335 e. The van der Waals surface area contributed by atoms with E-state index in [9.17, 15) is 35.1 Å². The highest BCUT2D eigenvalue weighted by molar-refractivity contribution is 5.97. The molecule has 0 amide bonds. The topological polar surface area (TPSA) is 179 Å². The number of phenols is 1. The van der Waals surface area contributed by atoms with Crippen LogP contribution in [0.15, 0.2) is 42.0 Å². The Morgan fingerprint density at radius 1 is 1.06 bits per heavy atom. The van der Waals surface area contributed by atoms with E-state index in [1.54, 1.807) is 0 Å². The summed E-state index contributed by atoms with van der Waals surface area (Å²) in [5.41, 5.74) is 1.06. The number of nitro benzene ring substituents is 3. The number of nitro groups is 3. The molecule has 0 bridgehead atoms. The molecule has 0 fully saturated rings. The minimum absolute atomic E-state index is 0.0164. The largest absolute Gasteiger partial charge is 0.497 e. The van der Waals surface area contributed by atoms with Gasteiger partial charge >= 0.3 is 17.3 Å². The molecule has 13 nitrogen and oxygen atoms in total. The number of phenolic OH excluding ortho intramolecular Hbond substituents is 1. The Morgan fingerprint density at radius 2 is 1.58 bits per heavy atom. The fourth-order valence-corrected chi connectivity index (χ4v) is 3.74. The molecule has 0 spiro atoms. The van der Waals surface area contributed by atoms with E-state index in [0.717, 1.165) is 17.7 Å². The van der Waals surface area contributed by atoms with Gasteiger partial charge in [-0.05, 0) is 39.7 Å². The molecule has 0 unspecified atom stereocenters. The minimum Gasteiger partial charge on any atom is -0.497 e. The van der Waals surface area contributed by atoms with Crippen LogP contribution in [0.3, 0.4) is 0 Å². The van der Waals surface area contributed by atoms with Gasteiger partial charge in [-0.3, -0.25) is 30.3 Å². The van der Waals surface area contributed by atoms with Crippen molar-refractivity contribution in [3.8, 4) is 5.75 Å². The fourth-order valence-electron chi connectivity index (χ4n) is 3.74. The van der Waals surface area contributed by atoms with Crippen molar-refractivity contribution in [3.63, 3.8) is 0 Å². The Hall–Kier alpha value is -4.55. The van der Waals surface area contributed by atoms with Crippen LogP contribution < -0.4 is 0 Å². The van der Waals surface area contributed by atoms with Gasteiger partial charge in [0.1, 0.15) is 0 Å². The van der Waals surface area contributed by atoms with E-state index in [4.69, 9.17) is 9.84 Å². The Morgan fingerprint density at radius 3 is 2.06 bits per heavy atom. The van der Waals surface area contributed by atoms with Crippen molar-refractivity contribution in [2.24, 2.45) is 0 Å². The quantitative estimate of drug-likeness (QED) is 0.267. The van der Waals surface area contributed by atoms with Crippen LogP contribution in [0.25, 0.3) is 5.70 Å². The van der Waals surface area contributed by atoms with Crippen LogP contribution in [0.2, 0.25) is 0 Å². The number of nitrogens with zero attached hydrogens (tertiary/aromatic N) is 4. The molecule has 0 atom stereocenters. The molecule has 36 heavy (non-hydrogen) atoms. The molecule has 192 valence electrons. The predicted molar refractivity (Wildman–Crippen MR) is 129 cm³/mol. The first-order valence-corrected chi connectivity index (χ1v) is 10.7. The lowest BCUT2D eigenvalue weighted by Gasteiger charge is -2.44. The summed E-state index contributed by atoms with van der Waals surface area (Å²) in [6.45, 7) is 8.47. The summed E-state index contributed by atoms with van der Waals surface area (Å²) in [7, 11) is 2.05. The first-order valence-electron chi connectivity index (χ1n) is 10.7. The summed E-state index contributed by atoms with van der Waals surface area (Å²) in [5.74, 6) is -1.44. The number of hydrogen-bond donors (Lipinski definition) is 1. The fraction of sp³-hybridized carbons (Fsp3) is 0.348. The van der Waals surface area contributed by atoms with E-state index in [1.807, 2.05) is 27.0 Å². The average molecular weight is 502 g/mol. The van der Waals surface area contributed by atoms with Crippen molar-refractivity contribution in [2.45, 2.75) is 39.7 Å². The molecular weight excluding hydrogens is 476 g/mol. The summed E-state index contributed by atoms with van der Waals surface area (Å²) in [4.78, 5) is 42.1. The first kappa shape index (κ1) is 27.7. The van der Waals surface area contributed by atoms with Crippen LogP contribution in [0.5, 0.6) is 5.75 Å². The molecule has 3 rings (SSSR count). The van der Waals surface area contributed by atoms with Crippen molar-refractivity contribution < 1.29 is 29.4 Å². The molecule has 1 N–H and O–H groups in total. The van der Waals surface area contributed by atoms with Crippen molar-refractivity contribution in [2.75, 3.05) is 13.7 Å². The van der Waals surface area contributed by atoms with Crippen molar-refractivity contribution >= 4 is 28.7 Å². The SMILES string of the molecule is CCOC(=O)/C(C)=C1/c2ccccc2CC(C)(C)N1C.O=[N+]([O-])c1cc([N+](=O)[O-])c(O)c([N+](=O)[O-])c1. The summed E-state index contributed by atoms with van der Waals surface area (Å²) in [6.07, 6.45) is 0.972. The molecule has 1 aliphatic heterocycles. The van der Waals surface area contributed by atoms with Gasteiger partial charge in [0, 0.05) is 18.2 Å². The second-order valence-corrected chi connectivity index (χ2v) is 8.50. The molecule has 2 aromatic rings. The van der Waals surface area contributed by atoms with E-state index in [0.29, 0.717) is 24.3 Å². The zero-order valence-corrected chi connectivity index (χ0v) is 20.4. The molecule has 13 heteroatoms. The normalized spacial score (nSPS) is 15.1. The number of esters is 1. The zero-order chi connectivity index (χ0) is 27.4. The number of carbonyl (C=O) groups is 1. The lowest BCUT2D eigenvalue weighted by atomic mass is 9.83. The first-order chi connectivity index (χ1) is 16.7. The second kappa shape index (κ2) is 10.8. The third-order valence-corrected chi connectivity index (χ3v) is 5.73. The van der Waals surface area contributed by atoms with E-state index in [2.05, 4.69) is 36.9 Å². The Balaban J connectivity index is 0.000000261. The number of benzene rings is 2. The third-order valence-electron chi connectivity index (χ3n) is 5.73. The minimum atomic E-state index is -1.21. The highest BCUT2D eigenvalue weighted by Gasteiger charge is 2.35. The van der Waals surface area contributed by atoms with Crippen molar-refractivity contribution in [3.05, 3.63) is 83.4 Å². The van der Waals surface area contributed by atoms with E-state index in [1.165, 1.54) is 5.56 Å². The molecule has 0 saturated heterocycles. The zero-order valence-electron chi connectivity index (χ0n) is 20.4. The highest BCUT2D eigenvalue weighted by Crippen LogP contribution is 2.39. The van der Waals surface area contributed by atoms with Gasteiger partial charge in [-0.2, -0.15) is 0 Å². The molecule has 1 aliphatic rings. The molecule has 0 saturated carbocycles. The van der Waals surface area contributed by atoms with Crippen molar-refractivity contribution in [1.29, 1.82) is 0 Å². The van der Waals surface area contributed by atoms with Crippen LogP contribution in [-0.2, 0) is 16.0 Å². The molecular formula is C23H26N4O9. The Labute approximate surface area is 206 Å². The van der Waals surface area contributed by atoms with Gasteiger partial charge < -0.3 is 14.7 Å². The summed E-state index contributed by atoms with van der Waals surface area (Å²) in [5, 5.41) is 40.2. The van der Waals surface area contributed by atoms with E-state index in [-0.39, 0.29) is 11.5 Å². The van der Waals surface area contributed by atoms with Gasteiger partial charge in [-0.1, -0.05) is 24.3 Å². The Kier molecular flexibility index (Phi) is 8.31. The number of non-ortho nitro benzene ring substituents is 1. The number of hydrogen-bond acceptors (Lipinski definition) is 10. The maximum Gasteiger partial charge on any atom is 0.335 e. The number of ether oxygens (including phenoxy) is 1. The summed E-state index contributed by atoms with van der Waals surface area (Å²) in [6, 6.07) is 9.19. The van der Waals surface area contributed by atoms with Crippen LogP contribution in [0.1, 0.15) is 38.8 Å². The van der Waals surface area contributed by atoms with Gasteiger partial charge in [-0.25, -0.2) is 4.79 Å². The number of aromatic hydroxyl groups is 1. The van der Waals surface area contributed by atoms with Crippen LogP contribution in [-0.4, -0.2) is 49.9 Å². The molecule has 0 aromatic heterocycles. The number of fused-ring (bicyclic) bond motifs is 1. The lowest BCUT2D eigenvalue weighted by molar-refractivity contribution is -0.404. The molecule has 0 radical (unpaired) electrons. The maximum atomic E-state index is 12.1. The highest BCUT2D eigenvalue weighted by atomic mass is 16.6. The number of carbonyl (C=O) groups excluding carboxylic acids is 1. The van der Waals surface area contributed by atoms with Crippen LogP contribution in [0.4, 0.5) is 17.1 Å². The average Bonchev–Trinajstić information content (AvgIpc) is 2.79. The van der Waals surface area contributed by atoms with Gasteiger partial charge in [0.2, 0.25) is 0 Å². The summed E-state index contributed by atoms with van der Waals surface area (Å²) >= 11 is 0. The standard InChI is InChI=1S/C17H23NO2.C6H3N3O7/c1-6-20-16(19)12(2)15-14-10-8-7-9-13(14)11-17(3,4)18(15)5;10-6-4(8(13)14)1-3(7(11)12)2-5(6)9(15)16/h7-10H,6,11H2,1-5H3;1-2,10H/b15-12-;. The van der Waals surface area contributed by atoms with Gasteiger partial charge in [-0.15, -0.1) is 0 Å². The van der Waals surface area contributed by atoms with Gasteiger partial charge in [0.15, 0.2) is 0 Å². The molecule has 2 aromatic carbocycles. The second-order valence-electron chi connectivity index (χ2n) is 8.50. The molecule has 0 aliphatic carbocycles. The maximum absolute atomic E-state index is 12.1. The van der Waals surface area contributed by atoms with E-state index < -0.39 is 37.6 Å². The van der Waals surface area contributed by atoms with Crippen molar-refractivity contribution in [1.82, 2.24) is 4.90 Å². The number of rotatable bonds is 5. The van der Waals surface area contributed by atoms with Crippen LogP contribution in [0, 0.1) is 30.3 Å². The van der Waals surface area contributed by atoms with Crippen LogP contribution >= 0.6 is 0 Å². The predicted octanol–water partition coefficient (Wildman–Crippen LogP) is 4.36. The Bertz CT molecular complexity index is 1220. The summed E-state index contributed by atoms with van der Waals surface area (Å²) < 4.78 is 5.16. The lowest BCUT2D eigenvalue weighted by Crippen LogP contribution is -2.45.